The van der Waals surface area contributed by atoms with Crippen molar-refractivity contribution in [1.29, 1.82) is 0 Å². The number of ether oxygens (including phenoxy) is 1. The number of nitrogens with two attached hydrogens (primary N) is 1. The van der Waals surface area contributed by atoms with E-state index in [9.17, 15) is 23.1 Å². The lowest BCUT2D eigenvalue weighted by molar-refractivity contribution is -0.187. The Balaban J connectivity index is 1.60. The predicted octanol–water partition coefficient (Wildman–Crippen LogP) is 2.72. The molecule has 1 atom stereocenters. The van der Waals surface area contributed by atoms with Crippen LogP contribution >= 0.6 is 0 Å². The van der Waals surface area contributed by atoms with Crippen molar-refractivity contribution in [2.24, 2.45) is 5.73 Å². The number of carbonyl (C=O) groups excluding carboxylic acids is 1. The number of halogens is 3. The van der Waals surface area contributed by atoms with Crippen molar-refractivity contribution in [2.75, 3.05) is 17.2 Å². The molecule has 0 bridgehead atoms. The van der Waals surface area contributed by atoms with Gasteiger partial charge in [0.15, 0.2) is 0 Å². The standard InChI is InChI=1S/C19H26F3N5O3/c20-19(21,22)10-30-14-6-4-11(5-7-14)26-18-24-9-15(16(23)29)17(27-18)25-12-2-1-3-13(28)8-12/h2,9,11,13-14,28H,1,3-8,10H2,(H2,23,29)(H2,24,25,26,27)/t11-,13-,14-/m0/s1. The Bertz CT molecular complexity index is 779. The van der Waals surface area contributed by atoms with Crippen LogP contribution in [0.2, 0.25) is 0 Å². The normalized spacial score (nSPS) is 24.8. The molecule has 1 saturated carbocycles. The van der Waals surface area contributed by atoms with E-state index >= 15 is 0 Å². The Hall–Kier alpha value is -2.40. The summed E-state index contributed by atoms with van der Waals surface area (Å²) < 4.78 is 41.8. The first kappa shape index (κ1) is 22.3. The van der Waals surface area contributed by atoms with Gasteiger partial charge in [0, 0.05) is 24.4 Å². The van der Waals surface area contributed by atoms with Crippen LogP contribution in [0.5, 0.6) is 0 Å². The van der Waals surface area contributed by atoms with Crippen LogP contribution in [0.25, 0.3) is 0 Å². The van der Waals surface area contributed by atoms with E-state index in [-0.39, 0.29) is 17.4 Å². The molecule has 1 heterocycles. The summed E-state index contributed by atoms with van der Waals surface area (Å²) in [5.41, 5.74) is 6.30. The molecule has 2 aliphatic carbocycles. The smallest absolute Gasteiger partial charge is 0.393 e. The number of amides is 1. The molecule has 11 heteroatoms. The maximum absolute atomic E-state index is 12.3. The number of alkyl halides is 3. The van der Waals surface area contributed by atoms with Crippen molar-refractivity contribution >= 4 is 17.7 Å². The lowest BCUT2D eigenvalue weighted by Gasteiger charge is -2.29. The second-order valence-electron chi connectivity index (χ2n) is 7.65. The highest BCUT2D eigenvalue weighted by molar-refractivity contribution is 5.97. The highest BCUT2D eigenvalue weighted by Gasteiger charge is 2.31. The van der Waals surface area contributed by atoms with E-state index in [4.69, 9.17) is 10.5 Å². The van der Waals surface area contributed by atoms with Crippen LogP contribution in [0.15, 0.2) is 18.0 Å². The average Bonchev–Trinajstić information content (AvgIpc) is 2.67. The van der Waals surface area contributed by atoms with Crippen molar-refractivity contribution in [3.8, 4) is 0 Å². The zero-order valence-corrected chi connectivity index (χ0v) is 16.4. The van der Waals surface area contributed by atoms with Gasteiger partial charge >= 0.3 is 6.18 Å². The van der Waals surface area contributed by atoms with E-state index in [0.29, 0.717) is 50.9 Å². The molecule has 0 aliphatic heterocycles. The van der Waals surface area contributed by atoms with Crippen LogP contribution in [0.3, 0.4) is 0 Å². The maximum atomic E-state index is 12.3. The molecule has 0 unspecified atom stereocenters. The molecular weight excluding hydrogens is 403 g/mol. The summed E-state index contributed by atoms with van der Waals surface area (Å²) >= 11 is 0. The Kier molecular flexibility index (Phi) is 7.14. The number of allylic oxidation sites excluding steroid dienone is 1. The third-order valence-corrected chi connectivity index (χ3v) is 5.17. The fourth-order valence-electron chi connectivity index (χ4n) is 3.64. The van der Waals surface area contributed by atoms with E-state index in [1.54, 1.807) is 0 Å². The van der Waals surface area contributed by atoms with Gasteiger partial charge in [-0.2, -0.15) is 18.2 Å². The van der Waals surface area contributed by atoms with E-state index in [1.165, 1.54) is 6.20 Å². The number of nitrogens with zero attached hydrogens (tertiary/aromatic N) is 2. The molecule has 1 amide bonds. The monoisotopic (exact) mass is 429 g/mol. The second-order valence-corrected chi connectivity index (χ2v) is 7.65. The van der Waals surface area contributed by atoms with Crippen LogP contribution in [0.1, 0.15) is 55.3 Å². The molecule has 2 aliphatic rings. The molecule has 8 nitrogen and oxygen atoms in total. The SMILES string of the molecule is NC(=O)c1cnc(N[C@H]2CC[C@H](OCC(F)(F)F)CC2)nc1NC1=CCC[C@H](O)C1. The molecule has 0 aromatic carbocycles. The van der Waals surface area contributed by atoms with Gasteiger partial charge in [-0.1, -0.05) is 6.08 Å². The molecule has 3 rings (SSSR count). The Labute approximate surface area is 172 Å². The summed E-state index contributed by atoms with van der Waals surface area (Å²) in [7, 11) is 0. The molecule has 1 aromatic rings. The van der Waals surface area contributed by atoms with Gasteiger partial charge in [-0.05, 0) is 38.5 Å². The van der Waals surface area contributed by atoms with Gasteiger partial charge in [-0.25, -0.2) is 4.98 Å². The molecule has 1 aromatic heterocycles. The fourth-order valence-corrected chi connectivity index (χ4v) is 3.64. The number of aliphatic hydroxyl groups excluding tert-OH is 1. The second kappa shape index (κ2) is 9.61. The lowest BCUT2D eigenvalue weighted by atomic mass is 9.93. The molecule has 0 spiro atoms. The predicted molar refractivity (Wildman–Crippen MR) is 104 cm³/mol. The number of rotatable bonds is 7. The molecule has 5 N–H and O–H groups in total. The van der Waals surface area contributed by atoms with Crippen LogP contribution in [0, 0.1) is 0 Å². The third-order valence-electron chi connectivity index (χ3n) is 5.17. The molecule has 0 saturated heterocycles. The van der Waals surface area contributed by atoms with Gasteiger partial charge in [0.1, 0.15) is 18.0 Å². The van der Waals surface area contributed by atoms with Gasteiger partial charge in [-0.15, -0.1) is 0 Å². The van der Waals surface area contributed by atoms with Gasteiger partial charge in [0.05, 0.1) is 12.2 Å². The number of hydrogen-bond donors (Lipinski definition) is 4. The summed E-state index contributed by atoms with van der Waals surface area (Å²) in [4.78, 5) is 20.2. The number of hydrogen-bond acceptors (Lipinski definition) is 7. The van der Waals surface area contributed by atoms with Crippen LogP contribution in [-0.2, 0) is 4.74 Å². The number of aromatic nitrogens is 2. The van der Waals surface area contributed by atoms with Gasteiger partial charge in [0.2, 0.25) is 5.95 Å². The number of anilines is 2. The lowest BCUT2D eigenvalue weighted by Crippen LogP contribution is -2.32. The molecule has 166 valence electrons. The highest BCUT2D eigenvalue weighted by atomic mass is 19.4. The first-order chi connectivity index (χ1) is 14.2. The van der Waals surface area contributed by atoms with Crippen LogP contribution in [-0.4, -0.2) is 52.0 Å². The van der Waals surface area contributed by atoms with Crippen molar-refractivity contribution in [2.45, 2.75) is 69.4 Å². The van der Waals surface area contributed by atoms with Gasteiger partial charge in [-0.3, -0.25) is 4.79 Å². The largest absolute Gasteiger partial charge is 0.411 e. The minimum atomic E-state index is -4.32. The Morgan fingerprint density at radius 1 is 1.27 bits per heavy atom. The Morgan fingerprint density at radius 3 is 2.63 bits per heavy atom. The number of nitrogens with one attached hydrogen (secondary N) is 2. The molecule has 30 heavy (non-hydrogen) atoms. The van der Waals surface area contributed by atoms with Gasteiger partial charge < -0.3 is 26.2 Å². The Morgan fingerprint density at radius 2 is 2.00 bits per heavy atom. The van der Waals surface area contributed by atoms with Crippen molar-refractivity contribution in [3.05, 3.63) is 23.5 Å². The highest BCUT2D eigenvalue weighted by Crippen LogP contribution is 2.27. The van der Waals surface area contributed by atoms with Crippen molar-refractivity contribution in [1.82, 2.24) is 9.97 Å². The minimum Gasteiger partial charge on any atom is -0.393 e. The van der Waals surface area contributed by atoms with Gasteiger partial charge in [0.25, 0.3) is 5.91 Å². The zero-order valence-electron chi connectivity index (χ0n) is 16.4. The molecular formula is C19H26F3N5O3. The van der Waals surface area contributed by atoms with Crippen LogP contribution in [0.4, 0.5) is 24.9 Å². The number of aliphatic hydroxyl groups is 1. The summed E-state index contributed by atoms with van der Waals surface area (Å²) in [6.07, 6.45) is 2.14. The van der Waals surface area contributed by atoms with Crippen molar-refractivity contribution in [3.63, 3.8) is 0 Å². The van der Waals surface area contributed by atoms with E-state index < -0.39 is 30.9 Å². The van der Waals surface area contributed by atoms with Crippen LogP contribution < -0.4 is 16.4 Å². The summed E-state index contributed by atoms with van der Waals surface area (Å²) in [5.74, 6) is -0.134. The summed E-state index contributed by atoms with van der Waals surface area (Å²) in [5, 5.41) is 16.0. The first-order valence-electron chi connectivity index (χ1n) is 9.95. The average molecular weight is 429 g/mol. The summed E-state index contributed by atoms with van der Waals surface area (Å²) in [6, 6.07) is -0.0151. The summed E-state index contributed by atoms with van der Waals surface area (Å²) in [6.45, 7) is -1.23. The topological polar surface area (TPSA) is 122 Å². The minimum absolute atomic E-state index is 0.0151. The van der Waals surface area contributed by atoms with Crippen molar-refractivity contribution < 1.29 is 27.8 Å². The molecule has 1 fully saturated rings. The number of carbonyl (C=O) groups is 1. The van der Waals surface area contributed by atoms with E-state index in [0.717, 1.165) is 5.70 Å². The quantitative estimate of drug-likeness (QED) is 0.526. The molecule has 0 radical (unpaired) electrons. The van der Waals surface area contributed by atoms with E-state index in [1.807, 2.05) is 6.08 Å². The number of primary amides is 1. The fraction of sp³-hybridized carbons (Fsp3) is 0.632. The third kappa shape index (κ3) is 6.56. The maximum Gasteiger partial charge on any atom is 0.411 e. The zero-order chi connectivity index (χ0) is 21.7. The first-order valence-corrected chi connectivity index (χ1v) is 9.95. The van der Waals surface area contributed by atoms with E-state index in [2.05, 4.69) is 20.6 Å².